The Kier molecular flexibility index (Phi) is 8.14. The Morgan fingerprint density at radius 3 is 1.83 bits per heavy atom. The van der Waals surface area contributed by atoms with Gasteiger partial charge in [0.2, 0.25) is 0 Å². The van der Waals surface area contributed by atoms with E-state index in [4.69, 9.17) is 15.0 Å². The molecule has 0 aliphatic carbocycles. The van der Waals surface area contributed by atoms with Gasteiger partial charge in [-0.1, -0.05) is 170 Å². The van der Waals surface area contributed by atoms with Crippen molar-refractivity contribution in [3.05, 3.63) is 217 Å². The summed E-state index contributed by atoms with van der Waals surface area (Å²) in [5.74, 6) is 1.46. The number of nitrogens with zero attached hydrogens (tertiary/aromatic N) is 4. The Morgan fingerprint density at radius 2 is 1.03 bits per heavy atom. The fourth-order valence-electron chi connectivity index (χ4n) is 8.29. The Bertz CT molecular complexity index is 3260. The van der Waals surface area contributed by atoms with Crippen LogP contribution in [0.4, 0.5) is 0 Å². The van der Waals surface area contributed by atoms with Crippen LogP contribution in [0.25, 0.3) is 76.9 Å². The van der Waals surface area contributed by atoms with E-state index in [9.17, 15) is 0 Å². The summed E-state index contributed by atoms with van der Waals surface area (Å²) in [5.41, 5.74) is 11.5. The molecule has 0 fully saturated rings. The van der Waals surface area contributed by atoms with Crippen LogP contribution >= 0.6 is 0 Å². The molecule has 10 aromatic rings. The summed E-state index contributed by atoms with van der Waals surface area (Å²) in [5, 5.41) is 10.5. The fourth-order valence-corrected chi connectivity index (χ4v) is 8.29. The molecule has 0 radical (unpaired) electrons. The second kappa shape index (κ2) is 14.1. The summed E-state index contributed by atoms with van der Waals surface area (Å²) in [6.45, 7) is 0. The van der Waals surface area contributed by atoms with Crippen LogP contribution in [0.1, 0.15) is 22.9 Å². The predicted octanol–water partition coefficient (Wildman–Crippen LogP) is 12.6. The van der Waals surface area contributed by atoms with Crippen LogP contribution in [0, 0.1) is 0 Å². The van der Waals surface area contributed by atoms with Gasteiger partial charge in [-0.2, -0.15) is 0 Å². The number of fused-ring (bicyclic) bond motifs is 5. The van der Waals surface area contributed by atoms with E-state index in [0.717, 1.165) is 82.9 Å². The summed E-state index contributed by atoms with van der Waals surface area (Å²) in [4.78, 5) is 20.4. The zero-order valence-corrected chi connectivity index (χ0v) is 31.4. The van der Waals surface area contributed by atoms with Gasteiger partial charge in [-0.15, -0.1) is 0 Å². The Morgan fingerprint density at radius 1 is 0.414 bits per heavy atom. The van der Waals surface area contributed by atoms with Gasteiger partial charge in [0, 0.05) is 39.2 Å². The van der Waals surface area contributed by atoms with E-state index in [2.05, 4.69) is 192 Å². The van der Waals surface area contributed by atoms with Crippen LogP contribution < -0.4 is 5.32 Å². The van der Waals surface area contributed by atoms with E-state index in [1.54, 1.807) is 0 Å². The van der Waals surface area contributed by atoms with Crippen molar-refractivity contribution in [2.24, 2.45) is 9.98 Å². The molecule has 2 aromatic heterocycles. The molecule has 11 rings (SSSR count). The van der Waals surface area contributed by atoms with Crippen LogP contribution in [0.5, 0.6) is 0 Å². The molecule has 0 bridgehead atoms. The van der Waals surface area contributed by atoms with E-state index >= 15 is 0 Å². The van der Waals surface area contributed by atoms with Crippen molar-refractivity contribution in [3.63, 3.8) is 0 Å². The van der Waals surface area contributed by atoms with Gasteiger partial charge in [0.05, 0.1) is 16.7 Å². The lowest BCUT2D eigenvalue weighted by atomic mass is 9.93. The molecule has 1 atom stereocenters. The third-order valence-electron chi connectivity index (χ3n) is 11.2. The standard InChI is InChI=1S/C53H35N5/c1-3-12-34(13-4-1)42-17-7-10-20-46(42)52-56-51(57-53(58-52)47-29-28-43(35-14-5-2-6-15-35)44-18-8-9-19-45(44)47)41-26-24-38-32-40(25-23-39(38)33-41)48-30-27-37-22-21-36-16-11-31-54-49(36)50(37)55-48/h1-33,53H,(H,56,57,58). The molecule has 1 unspecified atom stereocenters. The zero-order chi connectivity index (χ0) is 38.4. The summed E-state index contributed by atoms with van der Waals surface area (Å²) < 4.78 is 0. The number of aliphatic imine (C=N–C) groups is 2. The Balaban J connectivity index is 1.03. The molecule has 0 amide bonds. The number of hydrogen-bond donors (Lipinski definition) is 1. The van der Waals surface area contributed by atoms with Gasteiger partial charge in [-0.3, -0.25) is 4.98 Å². The molecule has 1 N–H and O–H groups in total. The van der Waals surface area contributed by atoms with E-state index < -0.39 is 0 Å². The number of rotatable bonds is 6. The SMILES string of the molecule is c1ccc(-c2ccccc2C2=NC(c3ccc4cc(-c5ccc6ccc7cccnc7c6n5)ccc4c3)=NC(c3ccc(-c4ccccc4)c4ccccc34)N2)cc1. The van der Waals surface area contributed by atoms with Crippen molar-refractivity contribution in [1.82, 2.24) is 15.3 Å². The number of benzene rings is 8. The third-order valence-corrected chi connectivity index (χ3v) is 11.2. The number of amidine groups is 2. The van der Waals surface area contributed by atoms with Crippen LogP contribution in [0.2, 0.25) is 0 Å². The quantitative estimate of drug-likeness (QED) is 0.173. The van der Waals surface area contributed by atoms with Gasteiger partial charge in [0.25, 0.3) is 0 Å². The summed E-state index contributed by atoms with van der Waals surface area (Å²) in [6, 6.07) is 68.2. The summed E-state index contributed by atoms with van der Waals surface area (Å²) >= 11 is 0. The predicted molar refractivity (Wildman–Crippen MR) is 240 cm³/mol. The molecule has 8 aromatic carbocycles. The highest BCUT2D eigenvalue weighted by Crippen LogP contribution is 2.36. The Hall–Kier alpha value is -7.76. The number of aromatic nitrogens is 2. The Labute approximate surface area is 335 Å². The molecule has 272 valence electrons. The van der Waals surface area contributed by atoms with E-state index in [-0.39, 0.29) is 6.17 Å². The normalized spacial score (nSPS) is 14.0. The monoisotopic (exact) mass is 741 g/mol. The molecule has 5 nitrogen and oxygen atoms in total. The molecule has 5 heteroatoms. The van der Waals surface area contributed by atoms with E-state index in [1.165, 1.54) is 16.5 Å². The highest BCUT2D eigenvalue weighted by atomic mass is 15.2. The molecule has 0 spiro atoms. The van der Waals surface area contributed by atoms with Crippen LogP contribution in [0.3, 0.4) is 0 Å². The largest absolute Gasteiger partial charge is 0.344 e. The molecule has 1 aliphatic heterocycles. The molecule has 1 aliphatic rings. The fraction of sp³-hybridized carbons (Fsp3) is 0.0189. The summed E-state index contributed by atoms with van der Waals surface area (Å²) in [7, 11) is 0. The third kappa shape index (κ3) is 5.97. The number of nitrogens with one attached hydrogen (secondary N) is 1. The van der Waals surface area contributed by atoms with Gasteiger partial charge in [0.1, 0.15) is 12.0 Å². The second-order valence-electron chi connectivity index (χ2n) is 14.7. The lowest BCUT2D eigenvalue weighted by Gasteiger charge is -2.26. The van der Waals surface area contributed by atoms with Crippen molar-refractivity contribution in [2.45, 2.75) is 6.17 Å². The van der Waals surface area contributed by atoms with Crippen molar-refractivity contribution < 1.29 is 0 Å². The maximum Gasteiger partial charge on any atom is 0.159 e. The van der Waals surface area contributed by atoms with Crippen molar-refractivity contribution in [1.29, 1.82) is 0 Å². The molecule has 0 saturated carbocycles. The minimum Gasteiger partial charge on any atom is -0.344 e. The lowest BCUT2D eigenvalue weighted by molar-refractivity contribution is 0.680. The molecular formula is C53H35N5. The first-order valence-corrected chi connectivity index (χ1v) is 19.6. The number of hydrogen-bond acceptors (Lipinski definition) is 5. The van der Waals surface area contributed by atoms with Gasteiger partial charge in [-0.05, 0) is 68.1 Å². The highest BCUT2D eigenvalue weighted by molar-refractivity contribution is 6.16. The smallest absolute Gasteiger partial charge is 0.159 e. The van der Waals surface area contributed by atoms with E-state index in [0.29, 0.717) is 5.84 Å². The minimum atomic E-state index is -0.385. The highest BCUT2D eigenvalue weighted by Gasteiger charge is 2.25. The minimum absolute atomic E-state index is 0.385. The average Bonchev–Trinajstić information content (AvgIpc) is 3.31. The van der Waals surface area contributed by atoms with Crippen molar-refractivity contribution in [2.75, 3.05) is 0 Å². The summed E-state index contributed by atoms with van der Waals surface area (Å²) in [6.07, 6.45) is 1.45. The molecule has 0 saturated heterocycles. The maximum atomic E-state index is 5.38. The first-order chi connectivity index (χ1) is 28.7. The van der Waals surface area contributed by atoms with Crippen LogP contribution in [-0.4, -0.2) is 21.6 Å². The van der Waals surface area contributed by atoms with Gasteiger partial charge in [-0.25, -0.2) is 15.0 Å². The van der Waals surface area contributed by atoms with Crippen LogP contribution in [-0.2, 0) is 0 Å². The first-order valence-electron chi connectivity index (χ1n) is 19.6. The second-order valence-corrected chi connectivity index (χ2v) is 14.7. The lowest BCUT2D eigenvalue weighted by Crippen LogP contribution is -2.34. The van der Waals surface area contributed by atoms with Gasteiger partial charge < -0.3 is 5.32 Å². The van der Waals surface area contributed by atoms with Crippen LogP contribution in [0.15, 0.2) is 210 Å². The average molecular weight is 742 g/mol. The number of pyridine rings is 2. The topological polar surface area (TPSA) is 62.5 Å². The van der Waals surface area contributed by atoms with Gasteiger partial charge >= 0.3 is 0 Å². The molecule has 58 heavy (non-hydrogen) atoms. The van der Waals surface area contributed by atoms with Crippen molar-refractivity contribution >= 4 is 55.0 Å². The molecule has 3 heterocycles. The van der Waals surface area contributed by atoms with E-state index in [1.807, 2.05) is 18.3 Å². The molecular weight excluding hydrogens is 707 g/mol. The zero-order valence-electron chi connectivity index (χ0n) is 31.4. The maximum absolute atomic E-state index is 5.38. The first kappa shape index (κ1) is 33.6. The van der Waals surface area contributed by atoms with Crippen molar-refractivity contribution in [3.8, 4) is 33.5 Å². The van der Waals surface area contributed by atoms with Gasteiger partial charge in [0.15, 0.2) is 5.84 Å².